The summed E-state index contributed by atoms with van der Waals surface area (Å²) in [6.07, 6.45) is 1.59. The fraction of sp³-hybridized carbons (Fsp3) is 0.316. The van der Waals surface area contributed by atoms with Crippen LogP contribution in [0.4, 0.5) is 4.39 Å². The van der Waals surface area contributed by atoms with Crippen molar-refractivity contribution in [2.24, 2.45) is 0 Å². The molecule has 0 spiro atoms. The molecule has 0 unspecified atom stereocenters. The zero-order valence-corrected chi connectivity index (χ0v) is 16.1. The van der Waals surface area contributed by atoms with E-state index in [1.54, 1.807) is 23.3 Å². The third-order valence-corrected chi connectivity index (χ3v) is 5.05. The summed E-state index contributed by atoms with van der Waals surface area (Å²) >= 11 is 1.34. The van der Waals surface area contributed by atoms with Crippen LogP contribution in [-0.2, 0) is 17.9 Å². The summed E-state index contributed by atoms with van der Waals surface area (Å²) in [7, 11) is 0. The number of benzene rings is 1. The number of rotatable bonds is 8. The number of aromatic nitrogens is 3. The lowest BCUT2D eigenvalue weighted by Gasteiger charge is -2.20. The highest BCUT2D eigenvalue weighted by molar-refractivity contribution is 7.99. The predicted octanol–water partition coefficient (Wildman–Crippen LogP) is 3.84. The highest BCUT2D eigenvalue weighted by atomic mass is 32.2. The highest BCUT2D eigenvalue weighted by Gasteiger charge is 2.18. The fourth-order valence-electron chi connectivity index (χ4n) is 2.72. The lowest BCUT2D eigenvalue weighted by atomic mass is 10.2. The van der Waals surface area contributed by atoms with Crippen LogP contribution in [0.2, 0.25) is 0 Å². The summed E-state index contributed by atoms with van der Waals surface area (Å²) < 4.78 is 20.7. The molecule has 1 aromatic carbocycles. The summed E-state index contributed by atoms with van der Waals surface area (Å²) in [6, 6.07) is 9.94. The minimum atomic E-state index is -0.299. The third kappa shape index (κ3) is 4.57. The van der Waals surface area contributed by atoms with Crippen molar-refractivity contribution >= 4 is 17.7 Å². The molecule has 0 aliphatic carbocycles. The molecular formula is C19H21FN4O2S. The molecule has 0 N–H and O–H groups in total. The van der Waals surface area contributed by atoms with E-state index in [0.29, 0.717) is 36.4 Å². The molecule has 0 radical (unpaired) electrons. The molecule has 2 heterocycles. The van der Waals surface area contributed by atoms with Crippen molar-refractivity contribution in [1.29, 1.82) is 0 Å². The van der Waals surface area contributed by atoms with Crippen molar-refractivity contribution in [3.8, 4) is 11.6 Å². The van der Waals surface area contributed by atoms with Gasteiger partial charge in [-0.2, -0.15) is 0 Å². The standard InChI is InChI=1S/C19H21FN4O2S/c1-3-23(12-14-7-5-8-15(20)11-14)17(25)13-27-19-22-21-18(24(19)4-2)16-9-6-10-26-16/h5-11H,3-4,12-13H2,1-2H3. The van der Waals surface area contributed by atoms with E-state index in [1.165, 1.54) is 23.9 Å². The number of hydrogen-bond acceptors (Lipinski definition) is 5. The molecule has 27 heavy (non-hydrogen) atoms. The number of thioether (sulfide) groups is 1. The minimum Gasteiger partial charge on any atom is -0.461 e. The van der Waals surface area contributed by atoms with E-state index < -0.39 is 0 Å². The Balaban J connectivity index is 1.66. The quantitative estimate of drug-likeness (QED) is 0.549. The summed E-state index contributed by atoms with van der Waals surface area (Å²) in [5.41, 5.74) is 0.770. The van der Waals surface area contributed by atoms with Crippen LogP contribution in [0.3, 0.4) is 0 Å². The van der Waals surface area contributed by atoms with Gasteiger partial charge in [-0.15, -0.1) is 10.2 Å². The molecule has 3 rings (SSSR count). The van der Waals surface area contributed by atoms with E-state index in [1.807, 2.05) is 30.5 Å². The normalized spacial score (nSPS) is 10.9. The summed E-state index contributed by atoms with van der Waals surface area (Å²) in [4.78, 5) is 14.3. The Morgan fingerprint density at radius 2 is 2.11 bits per heavy atom. The van der Waals surface area contributed by atoms with E-state index in [-0.39, 0.29) is 17.5 Å². The van der Waals surface area contributed by atoms with Gasteiger partial charge in [0.2, 0.25) is 5.91 Å². The first kappa shape index (κ1) is 19.2. The molecule has 2 aromatic heterocycles. The Labute approximate surface area is 161 Å². The van der Waals surface area contributed by atoms with Crippen LogP contribution in [0.25, 0.3) is 11.6 Å². The number of hydrogen-bond donors (Lipinski definition) is 0. The van der Waals surface area contributed by atoms with E-state index in [4.69, 9.17) is 4.42 Å². The van der Waals surface area contributed by atoms with Gasteiger partial charge in [-0.1, -0.05) is 23.9 Å². The molecule has 0 saturated carbocycles. The fourth-order valence-corrected chi connectivity index (χ4v) is 3.62. The van der Waals surface area contributed by atoms with Crippen LogP contribution in [-0.4, -0.2) is 37.9 Å². The smallest absolute Gasteiger partial charge is 0.233 e. The van der Waals surface area contributed by atoms with Crippen LogP contribution < -0.4 is 0 Å². The summed E-state index contributed by atoms with van der Waals surface area (Å²) in [5, 5.41) is 9.04. The van der Waals surface area contributed by atoms with Gasteiger partial charge in [-0.25, -0.2) is 4.39 Å². The van der Waals surface area contributed by atoms with Gasteiger partial charge in [0.15, 0.2) is 16.7 Å². The second-order valence-electron chi connectivity index (χ2n) is 5.85. The molecule has 3 aromatic rings. The summed E-state index contributed by atoms with van der Waals surface area (Å²) in [5.74, 6) is 1.19. The lowest BCUT2D eigenvalue weighted by molar-refractivity contribution is -0.128. The molecule has 0 saturated heterocycles. The van der Waals surface area contributed by atoms with Crippen molar-refractivity contribution in [1.82, 2.24) is 19.7 Å². The number of carbonyl (C=O) groups excluding carboxylic acids is 1. The van der Waals surface area contributed by atoms with Gasteiger partial charge in [-0.3, -0.25) is 9.36 Å². The molecule has 142 valence electrons. The van der Waals surface area contributed by atoms with Gasteiger partial charge >= 0.3 is 0 Å². The average molecular weight is 388 g/mol. The topological polar surface area (TPSA) is 64.2 Å². The maximum Gasteiger partial charge on any atom is 0.233 e. The molecule has 0 fully saturated rings. The average Bonchev–Trinajstić information content (AvgIpc) is 3.33. The van der Waals surface area contributed by atoms with E-state index in [2.05, 4.69) is 10.2 Å². The first-order valence-corrected chi connectivity index (χ1v) is 9.73. The van der Waals surface area contributed by atoms with Crippen molar-refractivity contribution in [3.05, 3.63) is 54.0 Å². The van der Waals surface area contributed by atoms with Gasteiger partial charge in [0.25, 0.3) is 0 Å². The SMILES string of the molecule is CCN(Cc1cccc(F)c1)C(=O)CSc1nnc(-c2ccco2)n1CC. The predicted molar refractivity (Wildman–Crippen MR) is 102 cm³/mol. The number of halogens is 1. The van der Waals surface area contributed by atoms with Crippen LogP contribution in [0, 0.1) is 5.82 Å². The van der Waals surface area contributed by atoms with Crippen molar-refractivity contribution in [3.63, 3.8) is 0 Å². The molecule has 8 heteroatoms. The first-order chi connectivity index (χ1) is 13.1. The molecular weight excluding hydrogens is 367 g/mol. The largest absolute Gasteiger partial charge is 0.461 e. The van der Waals surface area contributed by atoms with Crippen molar-refractivity contribution in [2.75, 3.05) is 12.3 Å². The maximum atomic E-state index is 13.4. The second-order valence-corrected chi connectivity index (χ2v) is 6.80. The Hall–Kier alpha value is -2.61. The number of amides is 1. The number of furan rings is 1. The Kier molecular flexibility index (Phi) is 6.28. The Morgan fingerprint density at radius 3 is 2.78 bits per heavy atom. The Morgan fingerprint density at radius 1 is 1.26 bits per heavy atom. The molecule has 0 bridgehead atoms. The van der Waals surface area contributed by atoms with E-state index >= 15 is 0 Å². The molecule has 0 aliphatic heterocycles. The van der Waals surface area contributed by atoms with Gasteiger partial charge in [-0.05, 0) is 43.7 Å². The van der Waals surface area contributed by atoms with Gasteiger partial charge in [0.1, 0.15) is 5.82 Å². The molecule has 0 aliphatic rings. The third-order valence-electron chi connectivity index (χ3n) is 4.10. The van der Waals surface area contributed by atoms with Crippen LogP contribution in [0.5, 0.6) is 0 Å². The molecule has 0 atom stereocenters. The maximum absolute atomic E-state index is 13.4. The van der Waals surface area contributed by atoms with Crippen LogP contribution >= 0.6 is 11.8 Å². The lowest BCUT2D eigenvalue weighted by Crippen LogP contribution is -2.31. The highest BCUT2D eigenvalue weighted by Crippen LogP contribution is 2.24. The molecule has 6 nitrogen and oxygen atoms in total. The van der Waals surface area contributed by atoms with Crippen LogP contribution in [0.1, 0.15) is 19.4 Å². The first-order valence-electron chi connectivity index (χ1n) is 8.74. The number of nitrogens with zero attached hydrogens (tertiary/aromatic N) is 4. The van der Waals surface area contributed by atoms with Gasteiger partial charge in [0, 0.05) is 19.6 Å². The van der Waals surface area contributed by atoms with Gasteiger partial charge in [0.05, 0.1) is 12.0 Å². The van der Waals surface area contributed by atoms with Crippen molar-refractivity contribution in [2.45, 2.75) is 32.1 Å². The summed E-state index contributed by atoms with van der Waals surface area (Å²) in [6.45, 7) is 5.50. The zero-order valence-electron chi connectivity index (χ0n) is 15.3. The second kappa shape index (κ2) is 8.85. The number of carbonyl (C=O) groups is 1. The monoisotopic (exact) mass is 388 g/mol. The van der Waals surface area contributed by atoms with E-state index in [9.17, 15) is 9.18 Å². The van der Waals surface area contributed by atoms with E-state index in [0.717, 1.165) is 5.56 Å². The zero-order chi connectivity index (χ0) is 19.2. The van der Waals surface area contributed by atoms with Crippen molar-refractivity contribution < 1.29 is 13.6 Å². The van der Waals surface area contributed by atoms with Gasteiger partial charge < -0.3 is 9.32 Å². The Bertz CT molecular complexity index is 895. The minimum absolute atomic E-state index is 0.0306. The van der Waals surface area contributed by atoms with Crippen LogP contribution in [0.15, 0.2) is 52.2 Å². The molecule has 1 amide bonds.